The lowest BCUT2D eigenvalue weighted by Gasteiger charge is -2.11. The number of carboxylic acids is 1. The van der Waals surface area contributed by atoms with Gasteiger partial charge in [-0.05, 0) is 41.7 Å². The summed E-state index contributed by atoms with van der Waals surface area (Å²) in [7, 11) is 1.85. The van der Waals surface area contributed by atoms with Crippen molar-refractivity contribution in [1.82, 2.24) is 4.90 Å². The zero-order valence-electron chi connectivity index (χ0n) is 13.0. The van der Waals surface area contributed by atoms with E-state index in [1.165, 1.54) is 0 Å². The van der Waals surface area contributed by atoms with Crippen LogP contribution < -0.4 is 0 Å². The third kappa shape index (κ3) is 3.26. The van der Waals surface area contributed by atoms with Gasteiger partial charge in [0.25, 0.3) is 0 Å². The molecule has 2 aromatic carbocycles. The molecular weight excluding hydrogens is 290 g/mol. The predicted octanol–water partition coefficient (Wildman–Crippen LogP) is 3.07. The molecule has 0 unspecified atom stereocenters. The van der Waals surface area contributed by atoms with Gasteiger partial charge in [0.2, 0.25) is 5.91 Å². The first-order valence-electron chi connectivity index (χ1n) is 7.72. The lowest BCUT2D eigenvalue weighted by Crippen LogP contribution is -2.23. The molecule has 0 saturated carbocycles. The monoisotopic (exact) mass is 309 g/mol. The molecule has 0 bridgehead atoms. The molecule has 3 rings (SSSR count). The van der Waals surface area contributed by atoms with Crippen LogP contribution in [0.2, 0.25) is 0 Å². The van der Waals surface area contributed by atoms with Crippen LogP contribution in [0.5, 0.6) is 0 Å². The summed E-state index contributed by atoms with van der Waals surface area (Å²) in [5, 5.41) is 9.07. The second-order valence-corrected chi connectivity index (χ2v) is 6.03. The molecule has 23 heavy (non-hydrogen) atoms. The van der Waals surface area contributed by atoms with Crippen molar-refractivity contribution >= 4 is 11.9 Å². The van der Waals surface area contributed by atoms with Crippen molar-refractivity contribution in [2.24, 2.45) is 5.92 Å². The fourth-order valence-corrected chi connectivity index (χ4v) is 3.03. The minimum Gasteiger partial charge on any atom is -0.478 e. The summed E-state index contributed by atoms with van der Waals surface area (Å²) < 4.78 is 0. The molecule has 1 aliphatic rings. The van der Waals surface area contributed by atoms with Gasteiger partial charge in [-0.2, -0.15) is 0 Å². The molecule has 1 saturated heterocycles. The lowest BCUT2D eigenvalue weighted by atomic mass is 9.95. The van der Waals surface area contributed by atoms with Crippen LogP contribution in [0.15, 0.2) is 48.5 Å². The molecule has 4 heteroatoms. The topological polar surface area (TPSA) is 57.6 Å². The van der Waals surface area contributed by atoms with Gasteiger partial charge in [0.05, 0.1) is 5.56 Å². The molecule has 0 spiro atoms. The standard InChI is InChI=1S/C19H19NO3/c1-20-10-9-16(18(20)21)11-13-5-7-14(8-6-13)15-3-2-4-17(12-15)19(22)23/h2-8,12,16H,9-11H2,1H3,(H,22,23)/t16-/m0/s1. The molecule has 0 aromatic heterocycles. The highest BCUT2D eigenvalue weighted by molar-refractivity contribution is 5.89. The van der Waals surface area contributed by atoms with Gasteiger partial charge in [-0.15, -0.1) is 0 Å². The summed E-state index contributed by atoms with van der Waals surface area (Å²) in [5.41, 5.74) is 3.28. The van der Waals surface area contributed by atoms with Gasteiger partial charge in [0.1, 0.15) is 0 Å². The summed E-state index contributed by atoms with van der Waals surface area (Å²) >= 11 is 0. The lowest BCUT2D eigenvalue weighted by molar-refractivity contribution is -0.129. The number of nitrogens with zero attached hydrogens (tertiary/aromatic N) is 1. The zero-order chi connectivity index (χ0) is 16.4. The number of hydrogen-bond donors (Lipinski definition) is 1. The number of carbonyl (C=O) groups is 2. The Balaban J connectivity index is 1.76. The normalized spacial score (nSPS) is 17.5. The third-order valence-electron chi connectivity index (χ3n) is 4.42. The van der Waals surface area contributed by atoms with E-state index in [9.17, 15) is 9.59 Å². The molecule has 4 nitrogen and oxygen atoms in total. The number of rotatable bonds is 4. The maximum absolute atomic E-state index is 12.0. The number of carboxylic acid groups (broad SMARTS) is 1. The van der Waals surface area contributed by atoms with Gasteiger partial charge in [-0.1, -0.05) is 36.4 Å². The average molecular weight is 309 g/mol. The Morgan fingerprint density at radius 2 is 1.91 bits per heavy atom. The average Bonchev–Trinajstić information content (AvgIpc) is 2.88. The number of likely N-dealkylation sites (tertiary alicyclic amines) is 1. The number of amides is 1. The number of aromatic carboxylic acids is 1. The van der Waals surface area contributed by atoms with E-state index in [0.29, 0.717) is 0 Å². The summed E-state index contributed by atoms with van der Waals surface area (Å²) in [5.74, 6) is -0.614. The maximum atomic E-state index is 12.0. The van der Waals surface area contributed by atoms with Crippen molar-refractivity contribution in [1.29, 1.82) is 0 Å². The second kappa shape index (κ2) is 6.24. The highest BCUT2D eigenvalue weighted by Crippen LogP contribution is 2.24. The SMILES string of the molecule is CN1CC[C@@H](Cc2ccc(-c3cccc(C(=O)O)c3)cc2)C1=O. The highest BCUT2D eigenvalue weighted by atomic mass is 16.4. The fourth-order valence-electron chi connectivity index (χ4n) is 3.03. The quantitative estimate of drug-likeness (QED) is 0.944. The zero-order valence-corrected chi connectivity index (χ0v) is 13.0. The van der Waals surface area contributed by atoms with Crippen molar-refractivity contribution in [3.8, 4) is 11.1 Å². The van der Waals surface area contributed by atoms with E-state index in [2.05, 4.69) is 0 Å². The molecule has 1 fully saturated rings. The van der Waals surface area contributed by atoms with Crippen molar-refractivity contribution < 1.29 is 14.7 Å². The molecule has 2 aromatic rings. The van der Waals surface area contributed by atoms with E-state index in [1.807, 2.05) is 37.4 Å². The van der Waals surface area contributed by atoms with E-state index < -0.39 is 5.97 Å². The summed E-state index contributed by atoms with van der Waals surface area (Å²) in [6, 6.07) is 14.9. The third-order valence-corrected chi connectivity index (χ3v) is 4.42. The van der Waals surface area contributed by atoms with Crippen LogP contribution in [0.3, 0.4) is 0 Å². The van der Waals surface area contributed by atoms with Gasteiger partial charge in [0, 0.05) is 19.5 Å². The van der Waals surface area contributed by atoms with Crippen molar-refractivity contribution in [2.45, 2.75) is 12.8 Å². The molecule has 1 aliphatic heterocycles. The Morgan fingerprint density at radius 1 is 1.17 bits per heavy atom. The maximum Gasteiger partial charge on any atom is 0.335 e. The minimum absolute atomic E-state index is 0.0844. The van der Waals surface area contributed by atoms with E-state index in [0.717, 1.165) is 36.1 Å². The first kappa shape index (κ1) is 15.3. The minimum atomic E-state index is -0.924. The van der Waals surface area contributed by atoms with E-state index in [-0.39, 0.29) is 17.4 Å². The van der Waals surface area contributed by atoms with Gasteiger partial charge >= 0.3 is 5.97 Å². The largest absolute Gasteiger partial charge is 0.478 e. The van der Waals surface area contributed by atoms with E-state index >= 15 is 0 Å². The molecular formula is C19H19NO3. The Labute approximate surface area is 135 Å². The van der Waals surface area contributed by atoms with Crippen molar-refractivity contribution in [3.05, 3.63) is 59.7 Å². The van der Waals surface area contributed by atoms with Gasteiger partial charge in [-0.3, -0.25) is 4.79 Å². The first-order chi connectivity index (χ1) is 11.0. The Hall–Kier alpha value is -2.62. The molecule has 1 atom stereocenters. The van der Waals surface area contributed by atoms with Crippen molar-refractivity contribution in [2.75, 3.05) is 13.6 Å². The number of hydrogen-bond acceptors (Lipinski definition) is 2. The van der Waals surface area contributed by atoms with Crippen LogP contribution in [-0.4, -0.2) is 35.5 Å². The highest BCUT2D eigenvalue weighted by Gasteiger charge is 2.28. The Bertz CT molecular complexity index is 737. The van der Waals surface area contributed by atoms with Crippen LogP contribution in [0.4, 0.5) is 0 Å². The molecule has 0 radical (unpaired) electrons. The fraction of sp³-hybridized carbons (Fsp3) is 0.263. The van der Waals surface area contributed by atoms with E-state index in [4.69, 9.17) is 5.11 Å². The second-order valence-electron chi connectivity index (χ2n) is 6.03. The summed E-state index contributed by atoms with van der Waals surface area (Å²) in [6.45, 7) is 0.837. The molecule has 0 aliphatic carbocycles. The van der Waals surface area contributed by atoms with Gasteiger partial charge in [-0.25, -0.2) is 4.79 Å². The summed E-state index contributed by atoms with van der Waals surface area (Å²) in [6.07, 6.45) is 1.68. The molecule has 1 amide bonds. The van der Waals surface area contributed by atoms with Crippen LogP contribution >= 0.6 is 0 Å². The smallest absolute Gasteiger partial charge is 0.335 e. The molecule has 1 heterocycles. The predicted molar refractivity (Wildman–Crippen MR) is 88.3 cm³/mol. The Morgan fingerprint density at radius 3 is 2.52 bits per heavy atom. The van der Waals surface area contributed by atoms with E-state index in [1.54, 1.807) is 23.1 Å². The van der Waals surface area contributed by atoms with Crippen LogP contribution in [-0.2, 0) is 11.2 Å². The first-order valence-corrected chi connectivity index (χ1v) is 7.72. The van der Waals surface area contributed by atoms with Crippen molar-refractivity contribution in [3.63, 3.8) is 0 Å². The van der Waals surface area contributed by atoms with Gasteiger partial charge < -0.3 is 10.0 Å². The van der Waals surface area contributed by atoms with Crippen LogP contribution in [0.1, 0.15) is 22.3 Å². The molecule has 1 N–H and O–H groups in total. The van der Waals surface area contributed by atoms with Crippen LogP contribution in [0.25, 0.3) is 11.1 Å². The van der Waals surface area contributed by atoms with Crippen LogP contribution in [0, 0.1) is 5.92 Å². The molecule has 118 valence electrons. The number of carbonyl (C=O) groups excluding carboxylic acids is 1. The number of benzene rings is 2. The Kier molecular flexibility index (Phi) is 4.15. The van der Waals surface area contributed by atoms with Gasteiger partial charge in [0.15, 0.2) is 0 Å². The summed E-state index contributed by atoms with van der Waals surface area (Å²) in [4.78, 5) is 24.8.